The highest BCUT2D eigenvalue weighted by Crippen LogP contribution is 2.24. The van der Waals surface area contributed by atoms with E-state index in [2.05, 4.69) is 15.3 Å². The molecule has 0 spiro atoms. The van der Waals surface area contributed by atoms with Gasteiger partial charge in [-0.2, -0.15) is 0 Å². The molecule has 1 aromatic carbocycles. The molecule has 1 aliphatic heterocycles. The quantitative estimate of drug-likeness (QED) is 0.705. The Morgan fingerprint density at radius 2 is 1.89 bits per heavy atom. The number of carbonyl (C=O) groups excluding carboxylic acids is 2. The molecule has 7 heteroatoms. The highest BCUT2D eigenvalue weighted by molar-refractivity contribution is 5.95. The Hall–Kier alpha value is -3.32. The van der Waals surface area contributed by atoms with Gasteiger partial charge in [-0.15, -0.1) is 0 Å². The Bertz CT molecular complexity index is 1030. The van der Waals surface area contributed by atoms with Gasteiger partial charge in [-0.1, -0.05) is 6.07 Å². The van der Waals surface area contributed by atoms with E-state index in [-0.39, 0.29) is 11.7 Å². The number of pyridine rings is 2. The first kappa shape index (κ1) is 18.1. The molecule has 0 atom stereocenters. The number of piperazine rings is 1. The zero-order valence-electron chi connectivity index (χ0n) is 15.5. The fourth-order valence-electron chi connectivity index (χ4n) is 3.09. The maximum Gasteiger partial charge on any atom is 0.272 e. The number of Topliss-reactive ketones (excluding diaryl/α,β-unsaturated/α-hetero) is 1. The number of hydrogen-bond donors (Lipinski definition) is 1. The average Bonchev–Trinajstić information content (AvgIpc) is 2.74. The van der Waals surface area contributed by atoms with Gasteiger partial charge in [-0.05, 0) is 37.3 Å². The van der Waals surface area contributed by atoms with Crippen LogP contribution in [0.3, 0.4) is 0 Å². The molecule has 1 saturated heterocycles. The van der Waals surface area contributed by atoms with Crippen LogP contribution in [0.5, 0.6) is 11.6 Å². The Kier molecular flexibility index (Phi) is 4.99. The van der Waals surface area contributed by atoms with Crippen LogP contribution in [0.1, 0.15) is 27.8 Å². The lowest BCUT2D eigenvalue weighted by atomic mass is 10.2. The molecule has 0 unspecified atom stereocenters. The Balaban J connectivity index is 1.53. The van der Waals surface area contributed by atoms with Gasteiger partial charge in [0.15, 0.2) is 5.78 Å². The summed E-state index contributed by atoms with van der Waals surface area (Å²) in [5.41, 5.74) is 1.72. The molecule has 4 rings (SSSR count). The van der Waals surface area contributed by atoms with Gasteiger partial charge >= 0.3 is 0 Å². The van der Waals surface area contributed by atoms with Gasteiger partial charge in [-0.25, -0.2) is 9.97 Å². The SMILES string of the molecule is CC(=O)c1ccc(Oc2ccc3nc(C(=O)N4CCNCC4)ccc3c2)nc1. The first-order chi connectivity index (χ1) is 13.6. The van der Waals surface area contributed by atoms with Gasteiger partial charge in [0.05, 0.1) is 5.52 Å². The molecule has 28 heavy (non-hydrogen) atoms. The number of carbonyl (C=O) groups is 2. The standard InChI is InChI=1S/C21H20N4O3/c1-14(26)16-3-7-20(23-13-16)28-17-4-6-18-15(12-17)2-5-19(24-18)21(27)25-10-8-22-9-11-25/h2-7,12-13,22H,8-11H2,1H3. The number of rotatable bonds is 4. The fraction of sp³-hybridized carbons (Fsp3) is 0.238. The summed E-state index contributed by atoms with van der Waals surface area (Å²) in [5, 5.41) is 4.11. The monoisotopic (exact) mass is 376 g/mol. The van der Waals surface area contributed by atoms with Crippen molar-refractivity contribution >= 4 is 22.6 Å². The lowest BCUT2D eigenvalue weighted by molar-refractivity contribution is 0.0730. The van der Waals surface area contributed by atoms with Crippen LogP contribution in [0.4, 0.5) is 0 Å². The van der Waals surface area contributed by atoms with Crippen LogP contribution < -0.4 is 10.1 Å². The van der Waals surface area contributed by atoms with E-state index >= 15 is 0 Å². The van der Waals surface area contributed by atoms with E-state index in [1.54, 1.807) is 24.3 Å². The number of ether oxygens (including phenoxy) is 1. The summed E-state index contributed by atoms with van der Waals surface area (Å²) in [6.45, 7) is 4.50. The number of nitrogens with one attached hydrogen (secondary N) is 1. The molecule has 3 heterocycles. The van der Waals surface area contributed by atoms with Crippen LogP contribution in [0.15, 0.2) is 48.7 Å². The third kappa shape index (κ3) is 3.84. The third-order valence-electron chi connectivity index (χ3n) is 4.65. The van der Waals surface area contributed by atoms with Gasteiger partial charge in [0.1, 0.15) is 11.4 Å². The molecular formula is C21H20N4O3. The summed E-state index contributed by atoms with van der Waals surface area (Å²) in [6.07, 6.45) is 1.49. The van der Waals surface area contributed by atoms with Gasteiger partial charge < -0.3 is 15.0 Å². The molecule has 0 bridgehead atoms. The van der Waals surface area contributed by atoms with Crippen LogP contribution in [-0.2, 0) is 0 Å². The molecule has 7 nitrogen and oxygen atoms in total. The fourth-order valence-corrected chi connectivity index (χ4v) is 3.09. The van der Waals surface area contributed by atoms with Crippen molar-refractivity contribution in [1.29, 1.82) is 0 Å². The smallest absolute Gasteiger partial charge is 0.272 e. The van der Waals surface area contributed by atoms with Crippen LogP contribution in [0.25, 0.3) is 10.9 Å². The van der Waals surface area contributed by atoms with E-state index in [9.17, 15) is 9.59 Å². The van der Waals surface area contributed by atoms with E-state index in [1.165, 1.54) is 13.1 Å². The molecule has 1 fully saturated rings. The molecule has 0 saturated carbocycles. The maximum atomic E-state index is 12.6. The second-order valence-electron chi connectivity index (χ2n) is 6.64. The van der Waals surface area contributed by atoms with Crippen molar-refractivity contribution < 1.29 is 14.3 Å². The number of hydrogen-bond acceptors (Lipinski definition) is 6. The minimum Gasteiger partial charge on any atom is -0.439 e. The predicted octanol–water partition coefficient (Wildman–Crippen LogP) is 2.67. The third-order valence-corrected chi connectivity index (χ3v) is 4.65. The summed E-state index contributed by atoms with van der Waals surface area (Å²) in [5.74, 6) is 0.932. The second-order valence-corrected chi connectivity index (χ2v) is 6.64. The topological polar surface area (TPSA) is 84.4 Å². The number of amides is 1. The normalized spacial score (nSPS) is 14.1. The molecular weight excluding hydrogens is 356 g/mol. The molecule has 1 amide bonds. The van der Waals surface area contributed by atoms with E-state index in [0.29, 0.717) is 36.0 Å². The summed E-state index contributed by atoms with van der Waals surface area (Å²) in [7, 11) is 0. The first-order valence-corrected chi connectivity index (χ1v) is 9.16. The number of aromatic nitrogens is 2. The van der Waals surface area contributed by atoms with Crippen molar-refractivity contribution in [3.05, 3.63) is 59.9 Å². The van der Waals surface area contributed by atoms with Gasteiger partial charge in [-0.3, -0.25) is 9.59 Å². The summed E-state index contributed by atoms with van der Waals surface area (Å²) in [6, 6.07) is 12.4. The minimum atomic E-state index is -0.0431. The van der Waals surface area contributed by atoms with Crippen LogP contribution in [-0.4, -0.2) is 52.7 Å². The maximum absolute atomic E-state index is 12.6. The summed E-state index contributed by atoms with van der Waals surface area (Å²) >= 11 is 0. The summed E-state index contributed by atoms with van der Waals surface area (Å²) < 4.78 is 5.76. The minimum absolute atomic E-state index is 0.0398. The zero-order chi connectivity index (χ0) is 19.5. The highest BCUT2D eigenvalue weighted by atomic mass is 16.5. The van der Waals surface area contributed by atoms with E-state index in [1.807, 2.05) is 23.1 Å². The van der Waals surface area contributed by atoms with Gasteiger partial charge in [0, 0.05) is 49.4 Å². The van der Waals surface area contributed by atoms with E-state index < -0.39 is 0 Å². The Morgan fingerprint density at radius 1 is 1.07 bits per heavy atom. The molecule has 1 aliphatic rings. The zero-order valence-corrected chi connectivity index (χ0v) is 15.5. The van der Waals surface area contributed by atoms with Crippen LogP contribution in [0.2, 0.25) is 0 Å². The number of fused-ring (bicyclic) bond motifs is 1. The molecule has 1 N–H and O–H groups in total. The molecule has 0 radical (unpaired) electrons. The van der Waals surface area contributed by atoms with Crippen LogP contribution in [0, 0.1) is 0 Å². The Morgan fingerprint density at radius 3 is 2.61 bits per heavy atom. The van der Waals surface area contributed by atoms with E-state index in [4.69, 9.17) is 4.74 Å². The molecule has 0 aliphatic carbocycles. The van der Waals surface area contributed by atoms with Crippen molar-refractivity contribution in [3.8, 4) is 11.6 Å². The predicted molar refractivity (Wildman–Crippen MR) is 105 cm³/mol. The number of ketones is 1. The number of nitrogens with zero attached hydrogens (tertiary/aromatic N) is 3. The molecule has 2 aromatic heterocycles. The lowest BCUT2D eigenvalue weighted by Gasteiger charge is -2.27. The second kappa shape index (κ2) is 7.74. The van der Waals surface area contributed by atoms with Crippen LogP contribution >= 0.6 is 0 Å². The molecule has 142 valence electrons. The summed E-state index contributed by atoms with van der Waals surface area (Å²) in [4.78, 5) is 34.4. The van der Waals surface area contributed by atoms with Crippen molar-refractivity contribution in [2.24, 2.45) is 0 Å². The highest BCUT2D eigenvalue weighted by Gasteiger charge is 2.19. The van der Waals surface area contributed by atoms with Crippen molar-refractivity contribution in [1.82, 2.24) is 20.2 Å². The average molecular weight is 376 g/mol. The van der Waals surface area contributed by atoms with Crippen molar-refractivity contribution in [2.75, 3.05) is 26.2 Å². The Labute approximate surface area is 162 Å². The molecule has 3 aromatic rings. The van der Waals surface area contributed by atoms with Gasteiger partial charge in [0.25, 0.3) is 5.91 Å². The first-order valence-electron chi connectivity index (χ1n) is 9.16. The van der Waals surface area contributed by atoms with Crippen molar-refractivity contribution in [2.45, 2.75) is 6.92 Å². The van der Waals surface area contributed by atoms with Gasteiger partial charge in [0.2, 0.25) is 5.88 Å². The lowest BCUT2D eigenvalue weighted by Crippen LogP contribution is -2.46. The van der Waals surface area contributed by atoms with Crippen molar-refractivity contribution in [3.63, 3.8) is 0 Å². The number of benzene rings is 1. The largest absolute Gasteiger partial charge is 0.439 e. The van der Waals surface area contributed by atoms with E-state index in [0.717, 1.165) is 24.0 Å².